The molecule has 11 heteroatoms. The first-order chi connectivity index (χ1) is 11.1. The molecular formula is C13H20ClN2O7P. The lowest BCUT2D eigenvalue weighted by Gasteiger charge is -2.30. The van der Waals surface area contributed by atoms with E-state index in [1.165, 1.54) is 19.4 Å². The van der Waals surface area contributed by atoms with Gasteiger partial charge in [0, 0.05) is 19.4 Å². The summed E-state index contributed by atoms with van der Waals surface area (Å²) < 4.78 is 34.7. The summed E-state index contributed by atoms with van der Waals surface area (Å²) in [5.41, 5.74) is -1.21. The molecule has 1 aromatic heterocycles. The fourth-order valence-electron chi connectivity index (χ4n) is 2.29. The van der Waals surface area contributed by atoms with Gasteiger partial charge in [-0.2, -0.15) is 0 Å². The Labute approximate surface area is 143 Å². The fourth-order valence-corrected chi connectivity index (χ4v) is 3.95. The van der Waals surface area contributed by atoms with E-state index in [0.29, 0.717) is 0 Å². The van der Waals surface area contributed by atoms with Gasteiger partial charge in [0.25, 0.3) is 5.56 Å². The Morgan fingerprint density at radius 3 is 2.71 bits per heavy atom. The number of halogens is 1. The van der Waals surface area contributed by atoms with Gasteiger partial charge in [-0.15, -0.1) is 11.6 Å². The van der Waals surface area contributed by atoms with Gasteiger partial charge in [0.2, 0.25) is 0 Å². The van der Waals surface area contributed by atoms with Gasteiger partial charge in [-0.1, -0.05) is 0 Å². The standard InChI is InChI=1S/C13H20ClN2O7P/c1-8(2)22-24(19,20-4)23-9-7-21-11(13(9,3)14)16-6-5-10(17)15-12(16)18/h5-6,8-9,11H,7H2,1-4H3,(H,15,17,18)/t9-,11-,13-,24?/m1/s1. The van der Waals surface area contributed by atoms with E-state index in [-0.39, 0.29) is 6.61 Å². The maximum Gasteiger partial charge on any atom is 0.475 e. The Kier molecular flexibility index (Phi) is 5.74. The van der Waals surface area contributed by atoms with Gasteiger partial charge in [0.05, 0.1) is 12.7 Å². The number of alkyl halides is 1. The summed E-state index contributed by atoms with van der Waals surface area (Å²) in [4.78, 5) is 24.0. The number of nitrogens with zero attached hydrogens (tertiary/aromatic N) is 1. The molecule has 1 aliphatic heterocycles. The molecule has 24 heavy (non-hydrogen) atoms. The van der Waals surface area contributed by atoms with Gasteiger partial charge >= 0.3 is 13.5 Å². The summed E-state index contributed by atoms with van der Waals surface area (Å²) in [5.74, 6) is 0. The first-order valence-electron chi connectivity index (χ1n) is 7.23. The quantitative estimate of drug-likeness (QED) is 0.588. The van der Waals surface area contributed by atoms with E-state index in [1.807, 2.05) is 0 Å². The van der Waals surface area contributed by atoms with Gasteiger partial charge in [0.15, 0.2) is 6.23 Å². The molecule has 2 rings (SSSR count). The van der Waals surface area contributed by atoms with Crippen molar-refractivity contribution in [3.05, 3.63) is 33.1 Å². The molecule has 2 heterocycles. The first kappa shape index (κ1) is 19.4. The number of ether oxygens (including phenoxy) is 1. The molecule has 1 fully saturated rings. The predicted molar refractivity (Wildman–Crippen MR) is 86.3 cm³/mol. The van der Waals surface area contributed by atoms with Crippen LogP contribution in [0.3, 0.4) is 0 Å². The third-order valence-corrected chi connectivity index (χ3v) is 5.51. The van der Waals surface area contributed by atoms with Crippen LogP contribution in [-0.4, -0.2) is 40.3 Å². The van der Waals surface area contributed by atoms with Crippen molar-refractivity contribution in [3.8, 4) is 0 Å². The van der Waals surface area contributed by atoms with Crippen molar-refractivity contribution >= 4 is 19.4 Å². The highest BCUT2D eigenvalue weighted by Crippen LogP contribution is 2.55. The van der Waals surface area contributed by atoms with Gasteiger partial charge in [-0.25, -0.2) is 9.36 Å². The number of H-pyrrole nitrogens is 1. The summed E-state index contributed by atoms with van der Waals surface area (Å²) in [5, 5.41) is 0. The number of phosphoric acid groups is 1. The number of hydrogen-bond donors (Lipinski definition) is 1. The third kappa shape index (κ3) is 3.99. The predicted octanol–water partition coefficient (Wildman–Crippen LogP) is 1.63. The lowest BCUT2D eigenvalue weighted by atomic mass is 10.1. The van der Waals surface area contributed by atoms with Crippen LogP contribution in [0, 0.1) is 0 Å². The Bertz CT molecular complexity index is 744. The maximum atomic E-state index is 12.5. The van der Waals surface area contributed by atoms with Crippen LogP contribution in [0.5, 0.6) is 0 Å². The number of aromatic amines is 1. The highest BCUT2D eigenvalue weighted by atomic mass is 35.5. The van der Waals surface area contributed by atoms with Gasteiger partial charge < -0.3 is 4.74 Å². The molecule has 1 N–H and O–H groups in total. The molecule has 4 atom stereocenters. The highest BCUT2D eigenvalue weighted by molar-refractivity contribution is 7.48. The zero-order valence-electron chi connectivity index (χ0n) is 13.7. The Hall–Kier alpha value is -0.960. The molecule has 0 spiro atoms. The minimum absolute atomic E-state index is 0.0367. The number of nitrogens with one attached hydrogen (secondary N) is 1. The maximum absolute atomic E-state index is 12.5. The molecule has 0 radical (unpaired) electrons. The van der Waals surface area contributed by atoms with Crippen LogP contribution >= 0.6 is 19.4 Å². The molecule has 0 saturated carbocycles. The fraction of sp³-hybridized carbons (Fsp3) is 0.692. The molecule has 1 saturated heterocycles. The van der Waals surface area contributed by atoms with Crippen LogP contribution in [0.4, 0.5) is 0 Å². The largest absolute Gasteiger partial charge is 0.475 e. The van der Waals surface area contributed by atoms with Gasteiger partial charge in [-0.05, 0) is 20.8 Å². The highest BCUT2D eigenvalue weighted by Gasteiger charge is 2.52. The second-order valence-corrected chi connectivity index (χ2v) is 8.23. The van der Waals surface area contributed by atoms with Crippen LogP contribution in [0.15, 0.2) is 21.9 Å². The molecule has 0 aliphatic carbocycles. The van der Waals surface area contributed by atoms with Gasteiger partial charge in [0.1, 0.15) is 11.0 Å². The van der Waals surface area contributed by atoms with Crippen LogP contribution in [0.2, 0.25) is 0 Å². The molecule has 1 unspecified atom stereocenters. The normalized spacial score (nSPS) is 29.8. The van der Waals surface area contributed by atoms with Crippen LogP contribution < -0.4 is 11.2 Å². The average Bonchev–Trinajstić information content (AvgIpc) is 2.73. The Morgan fingerprint density at radius 1 is 1.50 bits per heavy atom. The number of aromatic nitrogens is 2. The van der Waals surface area contributed by atoms with Crippen molar-refractivity contribution < 1.29 is 22.9 Å². The molecule has 0 aromatic carbocycles. The minimum Gasteiger partial charge on any atom is -0.353 e. The van der Waals surface area contributed by atoms with E-state index >= 15 is 0 Å². The summed E-state index contributed by atoms with van der Waals surface area (Å²) in [6, 6.07) is 1.17. The molecule has 1 aliphatic rings. The van der Waals surface area contributed by atoms with E-state index in [1.54, 1.807) is 20.8 Å². The summed E-state index contributed by atoms with van der Waals surface area (Å²) in [6.45, 7) is 4.90. The summed E-state index contributed by atoms with van der Waals surface area (Å²) in [6.07, 6.45) is -0.919. The van der Waals surface area contributed by atoms with Crippen molar-refractivity contribution in [2.45, 2.75) is 44.1 Å². The van der Waals surface area contributed by atoms with E-state index < -0.39 is 42.4 Å². The SMILES string of the molecule is COP(=O)(OC(C)C)O[C@@H]1CO[C@@H](n2ccc(=O)[nH]c2=O)[C@]1(C)Cl. The number of hydrogen-bond acceptors (Lipinski definition) is 7. The van der Waals surface area contributed by atoms with E-state index in [4.69, 9.17) is 29.9 Å². The Morgan fingerprint density at radius 2 is 2.17 bits per heavy atom. The van der Waals surface area contributed by atoms with E-state index in [9.17, 15) is 14.2 Å². The van der Waals surface area contributed by atoms with Crippen molar-refractivity contribution in [2.75, 3.05) is 13.7 Å². The van der Waals surface area contributed by atoms with E-state index in [2.05, 4.69) is 4.98 Å². The van der Waals surface area contributed by atoms with Crippen LogP contribution in [-0.2, 0) is 22.9 Å². The number of phosphoric ester groups is 1. The lowest BCUT2D eigenvalue weighted by molar-refractivity contribution is 0.0346. The second-order valence-electron chi connectivity index (χ2n) is 5.73. The molecule has 9 nitrogen and oxygen atoms in total. The number of rotatable bonds is 6. The monoisotopic (exact) mass is 382 g/mol. The smallest absolute Gasteiger partial charge is 0.353 e. The molecular weight excluding hydrogens is 363 g/mol. The lowest BCUT2D eigenvalue weighted by Crippen LogP contribution is -2.42. The molecule has 1 aromatic rings. The zero-order valence-corrected chi connectivity index (χ0v) is 15.4. The molecule has 0 amide bonds. The second kappa shape index (κ2) is 7.11. The van der Waals surface area contributed by atoms with Crippen molar-refractivity contribution in [1.29, 1.82) is 0 Å². The molecule has 0 bridgehead atoms. The van der Waals surface area contributed by atoms with Crippen molar-refractivity contribution in [1.82, 2.24) is 9.55 Å². The zero-order chi connectivity index (χ0) is 18.1. The van der Waals surface area contributed by atoms with Crippen LogP contribution in [0.25, 0.3) is 0 Å². The summed E-state index contributed by atoms with van der Waals surface area (Å²) >= 11 is 6.51. The first-order valence-corrected chi connectivity index (χ1v) is 9.07. The topological polar surface area (TPSA) is 109 Å². The third-order valence-electron chi connectivity index (χ3n) is 3.44. The minimum atomic E-state index is -3.83. The molecule has 136 valence electrons. The van der Waals surface area contributed by atoms with Gasteiger partial charge in [-0.3, -0.25) is 27.9 Å². The average molecular weight is 383 g/mol. The van der Waals surface area contributed by atoms with E-state index in [0.717, 1.165) is 4.57 Å². The van der Waals surface area contributed by atoms with Crippen molar-refractivity contribution in [3.63, 3.8) is 0 Å². The van der Waals surface area contributed by atoms with Crippen molar-refractivity contribution in [2.24, 2.45) is 0 Å². The Balaban J connectivity index is 2.26. The van der Waals surface area contributed by atoms with Crippen LogP contribution in [0.1, 0.15) is 27.0 Å². The summed E-state index contributed by atoms with van der Waals surface area (Å²) in [7, 11) is -2.63.